The van der Waals surface area contributed by atoms with Crippen LogP contribution in [-0.2, 0) is 30.2 Å². The van der Waals surface area contributed by atoms with Gasteiger partial charge in [-0.15, -0.1) is 0 Å². The first-order chi connectivity index (χ1) is 10.7. The van der Waals surface area contributed by atoms with E-state index >= 15 is 0 Å². The fourth-order valence-corrected chi connectivity index (χ4v) is 2.46. The van der Waals surface area contributed by atoms with Crippen LogP contribution in [0.4, 0.5) is 0 Å². The van der Waals surface area contributed by atoms with E-state index in [1.807, 2.05) is 39.8 Å². The number of carbonyl (C=O) groups is 1. The second-order valence-corrected chi connectivity index (χ2v) is 6.75. The van der Waals surface area contributed by atoms with Crippen molar-refractivity contribution in [2.45, 2.75) is 57.7 Å². The Bertz CT molecular complexity index is 535. The lowest BCUT2D eigenvalue weighted by molar-refractivity contribution is -0.140. The number of hydrogen-bond acceptors (Lipinski definition) is 6. The second kappa shape index (κ2) is 6.67. The number of carbonyl (C=O) groups excluding carboxylic acids is 1. The first-order valence-electron chi connectivity index (χ1n) is 7.70. The van der Waals surface area contributed by atoms with Crippen LogP contribution < -0.4 is 0 Å². The normalized spacial score (nSPS) is 20.5. The van der Waals surface area contributed by atoms with E-state index in [0.29, 0.717) is 18.1 Å². The van der Waals surface area contributed by atoms with Gasteiger partial charge in [-0.2, -0.15) is 0 Å². The standard InChI is InChI=1S/C16H25BO6/c1-15(2)16(3,4)23-17(22-15)12(9-14(18)20-6)13-8-7-11(21-13)10-19-5/h7-8,12H,9-10H2,1-6H3. The van der Waals surface area contributed by atoms with Crippen molar-refractivity contribution in [2.75, 3.05) is 14.2 Å². The Labute approximate surface area is 137 Å². The van der Waals surface area contributed by atoms with Crippen LogP contribution in [0.3, 0.4) is 0 Å². The van der Waals surface area contributed by atoms with Gasteiger partial charge in [0.25, 0.3) is 0 Å². The quantitative estimate of drug-likeness (QED) is 0.592. The highest BCUT2D eigenvalue weighted by Gasteiger charge is 2.55. The summed E-state index contributed by atoms with van der Waals surface area (Å²) in [5.41, 5.74) is -0.956. The third-order valence-electron chi connectivity index (χ3n) is 4.55. The highest BCUT2D eigenvalue weighted by molar-refractivity contribution is 6.47. The average Bonchev–Trinajstić information content (AvgIpc) is 2.99. The number of methoxy groups -OCH3 is 2. The molecule has 1 aliphatic rings. The van der Waals surface area contributed by atoms with Crippen molar-refractivity contribution in [1.82, 2.24) is 0 Å². The lowest BCUT2D eigenvalue weighted by Gasteiger charge is -2.32. The smallest absolute Gasteiger partial charge is 0.469 e. The minimum atomic E-state index is -0.583. The fourth-order valence-electron chi connectivity index (χ4n) is 2.46. The van der Waals surface area contributed by atoms with E-state index in [9.17, 15) is 4.79 Å². The predicted molar refractivity (Wildman–Crippen MR) is 84.9 cm³/mol. The molecule has 1 saturated heterocycles. The van der Waals surface area contributed by atoms with Crippen molar-refractivity contribution in [2.24, 2.45) is 0 Å². The zero-order chi connectivity index (χ0) is 17.3. The Morgan fingerprint density at radius 3 is 2.30 bits per heavy atom. The molecule has 0 aromatic carbocycles. The summed E-state index contributed by atoms with van der Waals surface area (Å²) in [6, 6.07) is 3.65. The third kappa shape index (κ3) is 3.79. The maximum absolute atomic E-state index is 11.8. The van der Waals surface area contributed by atoms with Crippen molar-refractivity contribution >= 4 is 13.1 Å². The van der Waals surface area contributed by atoms with Crippen LogP contribution in [0.2, 0.25) is 0 Å². The zero-order valence-electron chi connectivity index (χ0n) is 14.7. The molecule has 23 heavy (non-hydrogen) atoms. The predicted octanol–water partition coefficient (Wildman–Crippen LogP) is 2.70. The van der Waals surface area contributed by atoms with Crippen LogP contribution >= 0.6 is 0 Å². The lowest BCUT2D eigenvalue weighted by Crippen LogP contribution is -2.41. The highest BCUT2D eigenvalue weighted by Crippen LogP contribution is 2.42. The molecule has 0 saturated carbocycles. The summed E-state index contributed by atoms with van der Waals surface area (Å²) >= 11 is 0. The van der Waals surface area contributed by atoms with Crippen LogP contribution in [0.15, 0.2) is 16.5 Å². The van der Waals surface area contributed by atoms with Crippen LogP contribution in [0.1, 0.15) is 51.5 Å². The van der Waals surface area contributed by atoms with Crippen LogP contribution in [-0.4, -0.2) is 38.5 Å². The van der Waals surface area contributed by atoms with Gasteiger partial charge >= 0.3 is 13.1 Å². The van der Waals surface area contributed by atoms with Gasteiger partial charge in [0.05, 0.1) is 30.5 Å². The van der Waals surface area contributed by atoms with Crippen LogP contribution in [0.25, 0.3) is 0 Å². The molecule has 7 heteroatoms. The number of esters is 1. The molecule has 0 N–H and O–H groups in total. The molecule has 0 aliphatic carbocycles. The summed E-state index contributed by atoms with van der Waals surface area (Å²) in [5, 5.41) is 0. The molecule has 0 amide bonds. The van der Waals surface area contributed by atoms with E-state index in [1.54, 1.807) is 7.11 Å². The second-order valence-electron chi connectivity index (χ2n) is 6.75. The first-order valence-corrected chi connectivity index (χ1v) is 7.70. The number of hydrogen-bond donors (Lipinski definition) is 0. The van der Waals surface area contributed by atoms with Crippen molar-refractivity contribution in [3.05, 3.63) is 23.7 Å². The van der Waals surface area contributed by atoms with E-state index in [-0.39, 0.29) is 18.2 Å². The highest BCUT2D eigenvalue weighted by atomic mass is 16.7. The lowest BCUT2D eigenvalue weighted by atomic mass is 9.68. The van der Waals surface area contributed by atoms with Gasteiger partial charge in [-0.3, -0.25) is 4.79 Å². The minimum Gasteiger partial charge on any atom is -0.469 e. The van der Waals surface area contributed by atoms with Gasteiger partial charge in [-0.05, 0) is 39.8 Å². The van der Waals surface area contributed by atoms with Crippen molar-refractivity contribution in [3.8, 4) is 0 Å². The minimum absolute atomic E-state index is 0.118. The van der Waals surface area contributed by atoms with Crippen LogP contribution in [0, 0.1) is 0 Å². The summed E-state index contributed by atoms with van der Waals surface area (Å²) in [6.07, 6.45) is 0.118. The van der Waals surface area contributed by atoms with Gasteiger partial charge in [-0.1, -0.05) is 0 Å². The van der Waals surface area contributed by atoms with E-state index in [1.165, 1.54) is 7.11 Å². The van der Waals surface area contributed by atoms with Gasteiger partial charge in [0.15, 0.2) is 0 Å². The molecule has 1 atom stereocenters. The molecule has 1 fully saturated rings. The van der Waals surface area contributed by atoms with Gasteiger partial charge in [-0.25, -0.2) is 0 Å². The van der Waals surface area contributed by atoms with E-state index in [2.05, 4.69) is 0 Å². The molecule has 0 bridgehead atoms. The maximum atomic E-state index is 11.8. The number of rotatable bonds is 6. The average molecular weight is 324 g/mol. The molecule has 1 aromatic heterocycles. The largest absolute Gasteiger partial charge is 0.469 e. The maximum Gasteiger partial charge on any atom is 0.469 e. The molecular weight excluding hydrogens is 299 g/mol. The summed E-state index contributed by atoms with van der Waals surface area (Å²) in [7, 11) is 2.38. The van der Waals surface area contributed by atoms with Crippen molar-refractivity contribution < 1.29 is 28.0 Å². The first kappa shape index (κ1) is 18.0. The van der Waals surface area contributed by atoms with Gasteiger partial charge in [0.1, 0.15) is 18.1 Å². The van der Waals surface area contributed by atoms with Crippen molar-refractivity contribution in [3.63, 3.8) is 0 Å². The molecule has 2 rings (SSSR count). The summed E-state index contributed by atoms with van der Waals surface area (Å²) in [5.74, 6) is 0.596. The molecule has 0 spiro atoms. The Kier molecular flexibility index (Phi) is 5.23. The summed E-state index contributed by atoms with van der Waals surface area (Å²) < 4.78 is 27.8. The monoisotopic (exact) mass is 324 g/mol. The van der Waals surface area contributed by atoms with Crippen LogP contribution in [0.5, 0.6) is 0 Å². The third-order valence-corrected chi connectivity index (χ3v) is 4.55. The zero-order valence-corrected chi connectivity index (χ0v) is 14.7. The topological polar surface area (TPSA) is 67.1 Å². The number of ether oxygens (including phenoxy) is 2. The molecule has 1 aliphatic heterocycles. The molecule has 128 valence electrons. The van der Waals surface area contributed by atoms with Gasteiger partial charge in [0, 0.05) is 7.11 Å². The SMILES string of the molecule is COCc1ccc(C(CC(=O)OC)B2OC(C)(C)C(C)(C)O2)o1. The summed E-state index contributed by atoms with van der Waals surface area (Å²) in [6.45, 7) is 8.26. The number of furan rings is 1. The Hall–Kier alpha value is -1.31. The molecule has 1 unspecified atom stereocenters. The molecule has 1 aromatic rings. The Balaban J connectivity index is 2.26. The molecule has 6 nitrogen and oxygen atoms in total. The van der Waals surface area contributed by atoms with Crippen molar-refractivity contribution in [1.29, 1.82) is 0 Å². The van der Waals surface area contributed by atoms with Gasteiger partial charge < -0.3 is 23.2 Å². The summed E-state index contributed by atoms with van der Waals surface area (Å²) in [4.78, 5) is 11.8. The Morgan fingerprint density at radius 2 is 1.78 bits per heavy atom. The molecule has 2 heterocycles. The fraction of sp³-hybridized carbons (Fsp3) is 0.688. The van der Waals surface area contributed by atoms with E-state index in [0.717, 1.165) is 0 Å². The van der Waals surface area contributed by atoms with E-state index in [4.69, 9.17) is 23.2 Å². The van der Waals surface area contributed by atoms with Gasteiger partial charge in [0.2, 0.25) is 0 Å². The molecular formula is C16H25BO6. The van der Waals surface area contributed by atoms with E-state index < -0.39 is 18.3 Å². The molecule has 0 radical (unpaired) electrons. The Morgan fingerprint density at radius 1 is 1.17 bits per heavy atom.